The number of nitrogens with two attached hydrogens (primary N) is 1. The van der Waals surface area contributed by atoms with Gasteiger partial charge in [0.05, 0.1) is 0 Å². The van der Waals surface area contributed by atoms with Crippen LogP contribution in [0.2, 0.25) is 0 Å². The van der Waals surface area contributed by atoms with Gasteiger partial charge in [-0.25, -0.2) is 9.98 Å². The predicted molar refractivity (Wildman–Crippen MR) is 87.4 cm³/mol. The van der Waals surface area contributed by atoms with E-state index >= 15 is 0 Å². The minimum atomic E-state index is 0.425. The number of anilines is 1. The summed E-state index contributed by atoms with van der Waals surface area (Å²) in [5.41, 5.74) is 9.62. The maximum Gasteiger partial charge on any atom is 0.193 e. The Balaban J connectivity index is 2.15. The minimum Gasteiger partial charge on any atom is -0.370 e. The van der Waals surface area contributed by atoms with Gasteiger partial charge in [0, 0.05) is 25.1 Å². The van der Waals surface area contributed by atoms with E-state index in [1.165, 1.54) is 11.1 Å². The van der Waals surface area contributed by atoms with Crippen LogP contribution in [0.4, 0.5) is 5.69 Å². The van der Waals surface area contributed by atoms with Gasteiger partial charge in [0.25, 0.3) is 0 Å². The summed E-state index contributed by atoms with van der Waals surface area (Å²) in [6, 6.07) is 6.32. The molecule has 0 saturated carbocycles. The van der Waals surface area contributed by atoms with E-state index in [1.807, 2.05) is 17.8 Å². The van der Waals surface area contributed by atoms with Crippen molar-refractivity contribution < 1.29 is 0 Å². The smallest absolute Gasteiger partial charge is 0.193 e. The van der Waals surface area contributed by atoms with Gasteiger partial charge in [0.1, 0.15) is 12.4 Å². The molecule has 1 aromatic carbocycles. The van der Waals surface area contributed by atoms with Crippen molar-refractivity contribution >= 4 is 11.6 Å². The molecular formula is C16H23N5. The molecule has 0 spiro atoms. The molecule has 0 aliphatic rings. The number of guanidine groups is 1. The first-order chi connectivity index (χ1) is 10.2. The van der Waals surface area contributed by atoms with Crippen LogP contribution in [0, 0.1) is 0 Å². The Hall–Kier alpha value is -2.30. The second kappa shape index (κ2) is 6.92. The Labute approximate surface area is 125 Å². The van der Waals surface area contributed by atoms with Crippen LogP contribution in [0.3, 0.4) is 0 Å². The van der Waals surface area contributed by atoms with Crippen LogP contribution in [0.25, 0.3) is 0 Å². The molecule has 0 atom stereocenters. The molecule has 0 saturated heterocycles. The average Bonchev–Trinajstić information content (AvgIpc) is 2.90. The van der Waals surface area contributed by atoms with Crippen molar-refractivity contribution in [3.8, 4) is 0 Å². The molecular weight excluding hydrogens is 262 g/mol. The number of imidazole rings is 1. The lowest BCUT2D eigenvalue weighted by Gasteiger charge is -2.14. The van der Waals surface area contributed by atoms with E-state index in [2.05, 4.69) is 47.3 Å². The first kappa shape index (κ1) is 15.1. The number of benzene rings is 1. The van der Waals surface area contributed by atoms with Crippen LogP contribution in [0.5, 0.6) is 0 Å². The zero-order chi connectivity index (χ0) is 15.2. The Morgan fingerprint density at radius 3 is 2.48 bits per heavy atom. The fourth-order valence-electron chi connectivity index (χ4n) is 2.28. The van der Waals surface area contributed by atoms with E-state index in [0.29, 0.717) is 12.5 Å². The van der Waals surface area contributed by atoms with E-state index in [9.17, 15) is 0 Å². The van der Waals surface area contributed by atoms with E-state index in [0.717, 1.165) is 24.4 Å². The van der Waals surface area contributed by atoms with Crippen LogP contribution < -0.4 is 11.1 Å². The predicted octanol–water partition coefficient (Wildman–Crippen LogP) is 2.47. The van der Waals surface area contributed by atoms with Crippen molar-refractivity contribution in [1.29, 1.82) is 0 Å². The third kappa shape index (κ3) is 3.62. The van der Waals surface area contributed by atoms with Gasteiger partial charge in [-0.2, -0.15) is 0 Å². The van der Waals surface area contributed by atoms with Crippen molar-refractivity contribution in [3.05, 3.63) is 47.5 Å². The standard InChI is InChI=1S/C16H23N5/c1-4-12-7-6-8-13(5-2)15(12)20-16(17)19-11-14-18-9-10-21(14)3/h6-10H,4-5,11H2,1-3H3,(H3,17,19,20). The Morgan fingerprint density at radius 2 is 1.95 bits per heavy atom. The summed E-state index contributed by atoms with van der Waals surface area (Å²) in [7, 11) is 1.95. The van der Waals surface area contributed by atoms with Crippen LogP contribution >= 0.6 is 0 Å². The molecule has 21 heavy (non-hydrogen) atoms. The maximum absolute atomic E-state index is 6.02. The Bertz CT molecular complexity index is 605. The number of aliphatic imine (C=N–C) groups is 1. The molecule has 2 aromatic rings. The summed E-state index contributed by atoms with van der Waals surface area (Å²) in [5, 5.41) is 3.25. The molecule has 0 aliphatic carbocycles. The van der Waals surface area contributed by atoms with Gasteiger partial charge in [-0.1, -0.05) is 32.0 Å². The molecule has 3 N–H and O–H groups in total. The second-order valence-corrected chi connectivity index (χ2v) is 4.94. The molecule has 112 valence electrons. The SMILES string of the molecule is CCc1cccc(CC)c1NC(N)=NCc1nccn1C. The molecule has 2 rings (SSSR count). The van der Waals surface area contributed by atoms with Crippen LogP contribution in [-0.4, -0.2) is 15.5 Å². The van der Waals surface area contributed by atoms with Crippen LogP contribution in [0.15, 0.2) is 35.6 Å². The zero-order valence-corrected chi connectivity index (χ0v) is 12.9. The monoisotopic (exact) mass is 285 g/mol. The number of nitrogens with one attached hydrogen (secondary N) is 1. The molecule has 0 amide bonds. The summed E-state index contributed by atoms with van der Waals surface area (Å²) in [5.74, 6) is 1.31. The fourth-order valence-corrected chi connectivity index (χ4v) is 2.28. The van der Waals surface area contributed by atoms with Crippen molar-refractivity contribution in [2.45, 2.75) is 33.2 Å². The summed E-state index contributed by atoms with van der Waals surface area (Å²) < 4.78 is 1.94. The zero-order valence-electron chi connectivity index (χ0n) is 12.9. The molecule has 0 aliphatic heterocycles. The largest absolute Gasteiger partial charge is 0.370 e. The summed E-state index contributed by atoms with van der Waals surface area (Å²) >= 11 is 0. The maximum atomic E-state index is 6.02. The van der Waals surface area contributed by atoms with E-state index in [1.54, 1.807) is 6.20 Å². The number of aromatic nitrogens is 2. The number of nitrogens with zero attached hydrogens (tertiary/aromatic N) is 3. The van der Waals surface area contributed by atoms with E-state index in [4.69, 9.17) is 5.73 Å². The number of para-hydroxylation sites is 1. The van der Waals surface area contributed by atoms with Gasteiger partial charge in [0.15, 0.2) is 5.96 Å². The molecule has 1 aromatic heterocycles. The summed E-state index contributed by atoms with van der Waals surface area (Å²) in [4.78, 5) is 8.61. The number of hydrogen-bond donors (Lipinski definition) is 2. The molecule has 0 unspecified atom stereocenters. The van der Waals surface area contributed by atoms with E-state index < -0.39 is 0 Å². The second-order valence-electron chi connectivity index (χ2n) is 4.94. The molecule has 0 radical (unpaired) electrons. The van der Waals surface area contributed by atoms with Gasteiger partial charge in [-0.3, -0.25) is 0 Å². The van der Waals surface area contributed by atoms with Gasteiger partial charge >= 0.3 is 0 Å². The highest BCUT2D eigenvalue weighted by Gasteiger charge is 2.07. The van der Waals surface area contributed by atoms with Crippen molar-refractivity contribution in [1.82, 2.24) is 9.55 Å². The fraction of sp³-hybridized carbons (Fsp3) is 0.375. The lowest BCUT2D eigenvalue weighted by Crippen LogP contribution is -2.24. The minimum absolute atomic E-state index is 0.425. The Kier molecular flexibility index (Phi) is 4.98. The first-order valence-electron chi connectivity index (χ1n) is 7.29. The first-order valence-corrected chi connectivity index (χ1v) is 7.29. The summed E-state index contributed by atoms with van der Waals surface area (Å²) in [6.45, 7) is 4.75. The van der Waals surface area contributed by atoms with E-state index in [-0.39, 0.29) is 0 Å². The van der Waals surface area contributed by atoms with Crippen molar-refractivity contribution in [2.24, 2.45) is 17.8 Å². The number of hydrogen-bond acceptors (Lipinski definition) is 2. The topological polar surface area (TPSA) is 68.2 Å². The molecule has 5 heteroatoms. The van der Waals surface area contributed by atoms with Crippen LogP contribution in [-0.2, 0) is 26.4 Å². The van der Waals surface area contributed by atoms with Crippen LogP contribution in [0.1, 0.15) is 30.8 Å². The number of aryl methyl sites for hydroxylation is 3. The lowest BCUT2D eigenvalue weighted by atomic mass is 10.0. The Morgan fingerprint density at radius 1 is 1.29 bits per heavy atom. The van der Waals surface area contributed by atoms with Gasteiger partial charge in [-0.15, -0.1) is 0 Å². The quantitative estimate of drug-likeness (QED) is 0.655. The van der Waals surface area contributed by atoms with Crippen molar-refractivity contribution in [2.75, 3.05) is 5.32 Å². The van der Waals surface area contributed by atoms with Gasteiger partial charge in [0.2, 0.25) is 0 Å². The average molecular weight is 285 g/mol. The lowest BCUT2D eigenvalue weighted by molar-refractivity contribution is 0.793. The third-order valence-electron chi connectivity index (χ3n) is 3.56. The molecule has 0 fully saturated rings. The highest BCUT2D eigenvalue weighted by atomic mass is 15.1. The third-order valence-corrected chi connectivity index (χ3v) is 3.56. The highest BCUT2D eigenvalue weighted by molar-refractivity contribution is 5.93. The molecule has 0 bridgehead atoms. The molecule has 5 nitrogen and oxygen atoms in total. The highest BCUT2D eigenvalue weighted by Crippen LogP contribution is 2.22. The molecule has 1 heterocycles. The van der Waals surface area contributed by atoms with Gasteiger partial charge < -0.3 is 15.6 Å². The van der Waals surface area contributed by atoms with Gasteiger partial charge in [-0.05, 0) is 24.0 Å². The normalized spacial score (nSPS) is 11.7. The summed E-state index contributed by atoms with van der Waals surface area (Å²) in [6.07, 6.45) is 5.58. The number of rotatable bonds is 5. The van der Waals surface area contributed by atoms with Crippen molar-refractivity contribution in [3.63, 3.8) is 0 Å².